The van der Waals surface area contributed by atoms with Crippen molar-refractivity contribution in [1.29, 1.82) is 5.26 Å². The molecule has 122 valence electrons. The van der Waals surface area contributed by atoms with Crippen LogP contribution in [0.5, 0.6) is 0 Å². The number of benzene rings is 3. The molecule has 2 heterocycles. The molecule has 0 amide bonds. The van der Waals surface area contributed by atoms with E-state index in [1.54, 1.807) is 17.7 Å². The largest absolute Gasteiger partial charge is 0.235 e. The Bertz CT molecular complexity index is 1300. The number of fused-ring (bicyclic) bond motifs is 3. The Hall–Kier alpha value is -2.94. The van der Waals surface area contributed by atoms with Crippen molar-refractivity contribution in [2.45, 2.75) is 4.90 Å². The van der Waals surface area contributed by atoms with Crippen LogP contribution in [0.25, 0.3) is 42.3 Å². The molecule has 2 aromatic heterocycles. The predicted molar refractivity (Wildman–Crippen MR) is 109 cm³/mol. The van der Waals surface area contributed by atoms with E-state index in [9.17, 15) is 5.26 Å². The zero-order valence-corrected chi connectivity index (χ0v) is 15.1. The molecule has 3 nitrogen and oxygen atoms in total. The maximum absolute atomic E-state index is 9.29. The Balaban J connectivity index is 1.88. The van der Waals surface area contributed by atoms with E-state index in [1.165, 1.54) is 10.1 Å². The highest BCUT2D eigenvalue weighted by molar-refractivity contribution is 8.04. The van der Waals surface area contributed by atoms with E-state index < -0.39 is 0 Å². The van der Waals surface area contributed by atoms with Crippen LogP contribution in [0.4, 0.5) is 0 Å². The van der Waals surface area contributed by atoms with Crippen molar-refractivity contribution in [3.63, 3.8) is 0 Å². The van der Waals surface area contributed by atoms with E-state index in [4.69, 9.17) is 0 Å². The van der Waals surface area contributed by atoms with E-state index in [0.29, 0.717) is 0 Å². The first-order valence-corrected chi connectivity index (χ1v) is 9.70. The van der Waals surface area contributed by atoms with Gasteiger partial charge in [-0.3, -0.25) is 0 Å². The van der Waals surface area contributed by atoms with Crippen molar-refractivity contribution < 1.29 is 0 Å². The SMILES string of the molecule is N#CSc1c2ccccc2cc2c(-c3cc4ccccc4s3)ncnc12. The molecule has 0 aliphatic rings. The Labute approximate surface area is 157 Å². The monoisotopic (exact) mass is 369 g/mol. The van der Waals surface area contributed by atoms with Gasteiger partial charge < -0.3 is 0 Å². The van der Waals surface area contributed by atoms with Gasteiger partial charge in [0, 0.05) is 10.1 Å². The molecule has 26 heavy (non-hydrogen) atoms. The minimum atomic E-state index is 0.831. The lowest BCUT2D eigenvalue weighted by Gasteiger charge is -2.09. The highest BCUT2D eigenvalue weighted by atomic mass is 32.2. The summed E-state index contributed by atoms with van der Waals surface area (Å²) in [6.07, 6.45) is 1.60. The van der Waals surface area contributed by atoms with Crippen LogP contribution in [-0.2, 0) is 0 Å². The van der Waals surface area contributed by atoms with Crippen LogP contribution >= 0.6 is 23.1 Å². The van der Waals surface area contributed by atoms with Gasteiger partial charge in [0.25, 0.3) is 0 Å². The topological polar surface area (TPSA) is 49.6 Å². The van der Waals surface area contributed by atoms with Crippen LogP contribution in [0.1, 0.15) is 0 Å². The highest BCUT2D eigenvalue weighted by Crippen LogP contribution is 2.40. The maximum Gasteiger partial charge on any atom is 0.138 e. The Morgan fingerprint density at radius 1 is 0.885 bits per heavy atom. The molecule has 3 aromatic carbocycles. The second-order valence-electron chi connectivity index (χ2n) is 5.89. The van der Waals surface area contributed by atoms with E-state index in [2.05, 4.69) is 51.8 Å². The molecule has 0 fully saturated rings. The quantitative estimate of drug-likeness (QED) is 0.210. The lowest BCUT2D eigenvalue weighted by atomic mass is 10.0. The van der Waals surface area contributed by atoms with Crippen LogP contribution in [0, 0.1) is 10.7 Å². The molecular formula is C21H11N3S2. The molecule has 0 aliphatic heterocycles. The van der Waals surface area contributed by atoms with Gasteiger partial charge in [0.15, 0.2) is 0 Å². The third kappa shape index (κ3) is 2.35. The summed E-state index contributed by atoms with van der Waals surface area (Å²) in [5, 5.41) is 15.8. The third-order valence-electron chi connectivity index (χ3n) is 4.41. The average molecular weight is 369 g/mol. The van der Waals surface area contributed by atoms with Gasteiger partial charge in [-0.25, -0.2) is 9.97 Å². The molecule has 0 saturated carbocycles. The van der Waals surface area contributed by atoms with Crippen LogP contribution < -0.4 is 0 Å². The van der Waals surface area contributed by atoms with E-state index in [-0.39, 0.29) is 0 Å². The summed E-state index contributed by atoms with van der Waals surface area (Å²) >= 11 is 2.89. The minimum Gasteiger partial charge on any atom is -0.235 e. The molecule has 0 aliphatic carbocycles. The first-order chi connectivity index (χ1) is 12.8. The van der Waals surface area contributed by atoms with Crippen molar-refractivity contribution in [3.05, 3.63) is 67.0 Å². The number of nitrogens with zero attached hydrogens (tertiary/aromatic N) is 3. The first-order valence-electron chi connectivity index (χ1n) is 8.06. The van der Waals surface area contributed by atoms with Crippen molar-refractivity contribution >= 4 is 54.9 Å². The zero-order chi connectivity index (χ0) is 17.5. The van der Waals surface area contributed by atoms with Gasteiger partial charge in [-0.15, -0.1) is 11.3 Å². The first kappa shape index (κ1) is 15.3. The van der Waals surface area contributed by atoms with Gasteiger partial charge in [-0.2, -0.15) is 5.26 Å². The molecule has 0 unspecified atom stereocenters. The molecule has 0 saturated heterocycles. The molecule has 5 aromatic rings. The number of aromatic nitrogens is 2. The summed E-state index contributed by atoms with van der Waals surface area (Å²) in [5.74, 6) is 0. The number of thiocyanates is 1. The smallest absolute Gasteiger partial charge is 0.138 e. The number of nitriles is 1. The van der Waals surface area contributed by atoms with Gasteiger partial charge in [-0.05, 0) is 46.1 Å². The van der Waals surface area contributed by atoms with Crippen molar-refractivity contribution in [1.82, 2.24) is 9.97 Å². The number of hydrogen-bond acceptors (Lipinski definition) is 5. The van der Waals surface area contributed by atoms with Crippen LogP contribution in [0.15, 0.2) is 71.9 Å². The Morgan fingerprint density at radius 3 is 2.54 bits per heavy atom. The molecular weight excluding hydrogens is 358 g/mol. The molecule has 5 heteroatoms. The van der Waals surface area contributed by atoms with E-state index >= 15 is 0 Å². The number of rotatable bonds is 2. The lowest BCUT2D eigenvalue weighted by Crippen LogP contribution is -1.90. The standard InChI is InChI=1S/C21H11N3S2/c22-11-25-21-15-7-3-1-5-13(15)9-16-19(23-12-24-20(16)21)18-10-14-6-2-4-8-17(14)26-18/h1-10,12H. The average Bonchev–Trinajstić information content (AvgIpc) is 3.11. The summed E-state index contributed by atoms with van der Waals surface area (Å²) in [6, 6.07) is 20.8. The van der Waals surface area contributed by atoms with Crippen molar-refractivity contribution in [2.75, 3.05) is 0 Å². The molecule has 0 spiro atoms. The summed E-state index contributed by atoms with van der Waals surface area (Å²) in [7, 11) is 0. The molecule has 0 atom stereocenters. The van der Waals surface area contributed by atoms with Crippen molar-refractivity contribution in [3.8, 4) is 16.0 Å². The Kier molecular flexibility index (Phi) is 3.59. The van der Waals surface area contributed by atoms with Crippen LogP contribution in [-0.4, -0.2) is 9.97 Å². The second-order valence-corrected chi connectivity index (χ2v) is 7.77. The minimum absolute atomic E-state index is 0.831. The number of hydrogen-bond donors (Lipinski definition) is 0. The zero-order valence-electron chi connectivity index (χ0n) is 13.5. The summed E-state index contributed by atoms with van der Waals surface area (Å²) < 4.78 is 1.24. The predicted octanol–water partition coefficient (Wildman–Crippen LogP) is 6.24. The van der Waals surface area contributed by atoms with Crippen LogP contribution in [0.3, 0.4) is 0 Å². The lowest BCUT2D eigenvalue weighted by molar-refractivity contribution is 1.22. The van der Waals surface area contributed by atoms with Gasteiger partial charge in [0.2, 0.25) is 0 Å². The Morgan fingerprint density at radius 2 is 1.69 bits per heavy atom. The van der Waals surface area contributed by atoms with Gasteiger partial charge in [-0.1, -0.05) is 42.5 Å². The fraction of sp³-hybridized carbons (Fsp3) is 0. The van der Waals surface area contributed by atoms with Gasteiger partial charge in [0.05, 0.1) is 21.0 Å². The summed E-state index contributed by atoms with van der Waals surface area (Å²) in [4.78, 5) is 11.1. The normalized spacial score (nSPS) is 11.2. The van der Waals surface area contributed by atoms with E-state index in [0.717, 1.165) is 48.9 Å². The fourth-order valence-electron chi connectivity index (χ4n) is 3.27. The summed E-state index contributed by atoms with van der Waals surface area (Å²) in [6.45, 7) is 0. The molecule has 5 rings (SSSR count). The number of thioether (sulfide) groups is 1. The fourth-order valence-corrected chi connectivity index (χ4v) is 4.99. The molecule has 0 radical (unpaired) electrons. The van der Waals surface area contributed by atoms with E-state index in [1.807, 2.05) is 24.3 Å². The second kappa shape index (κ2) is 6.10. The highest BCUT2D eigenvalue weighted by Gasteiger charge is 2.15. The third-order valence-corrected chi connectivity index (χ3v) is 6.24. The summed E-state index contributed by atoms with van der Waals surface area (Å²) in [5.41, 5.74) is 1.75. The molecule has 0 N–H and O–H groups in total. The maximum atomic E-state index is 9.29. The molecule has 0 bridgehead atoms. The van der Waals surface area contributed by atoms with Gasteiger partial charge in [0.1, 0.15) is 11.7 Å². The van der Waals surface area contributed by atoms with Crippen molar-refractivity contribution in [2.24, 2.45) is 0 Å². The van der Waals surface area contributed by atoms with Gasteiger partial charge >= 0.3 is 0 Å². The van der Waals surface area contributed by atoms with Crippen LogP contribution in [0.2, 0.25) is 0 Å². The number of thiophene rings is 1.